The van der Waals surface area contributed by atoms with Gasteiger partial charge in [0.1, 0.15) is 11.4 Å². The predicted octanol–water partition coefficient (Wildman–Crippen LogP) is 3.83. The number of hydrogen-bond donors (Lipinski definition) is 1. The third-order valence-electron chi connectivity index (χ3n) is 4.53. The largest absolute Gasteiger partial charge is 0.482 e. The monoisotopic (exact) mass is 463 g/mol. The molecule has 0 radical (unpaired) electrons. The summed E-state index contributed by atoms with van der Waals surface area (Å²) in [4.78, 5) is 25.3. The van der Waals surface area contributed by atoms with Crippen molar-refractivity contribution in [2.24, 2.45) is 0 Å². The fraction of sp³-hybridized carbons (Fsp3) is 0.350. The van der Waals surface area contributed by atoms with Crippen LogP contribution in [-0.2, 0) is 9.53 Å². The van der Waals surface area contributed by atoms with Gasteiger partial charge in [-0.05, 0) is 59.1 Å². The summed E-state index contributed by atoms with van der Waals surface area (Å²) in [5, 5.41) is 14.2. The van der Waals surface area contributed by atoms with Crippen LogP contribution < -0.4 is 15.0 Å². The van der Waals surface area contributed by atoms with Gasteiger partial charge in [-0.15, -0.1) is 0 Å². The van der Waals surface area contributed by atoms with E-state index in [0.29, 0.717) is 43.4 Å². The molecule has 8 nitrogen and oxygen atoms in total. The molecule has 2 aromatic rings. The van der Waals surface area contributed by atoms with Gasteiger partial charge in [-0.3, -0.25) is 14.9 Å². The maximum Gasteiger partial charge on any atom is 0.294 e. The summed E-state index contributed by atoms with van der Waals surface area (Å²) in [6, 6.07) is 8.55. The van der Waals surface area contributed by atoms with Gasteiger partial charge in [-0.2, -0.15) is 0 Å². The number of morpholine rings is 1. The van der Waals surface area contributed by atoms with Crippen LogP contribution in [0.2, 0.25) is 0 Å². The Bertz CT molecular complexity index is 905. The molecule has 1 N–H and O–H groups in total. The lowest BCUT2D eigenvalue weighted by Gasteiger charge is -2.28. The van der Waals surface area contributed by atoms with Crippen molar-refractivity contribution in [2.75, 3.05) is 43.1 Å². The van der Waals surface area contributed by atoms with E-state index in [1.54, 1.807) is 12.1 Å². The molecule has 0 spiro atoms. The van der Waals surface area contributed by atoms with Crippen molar-refractivity contribution in [1.29, 1.82) is 0 Å². The number of anilines is 2. The van der Waals surface area contributed by atoms with E-state index in [1.807, 2.05) is 30.9 Å². The van der Waals surface area contributed by atoms with E-state index in [0.717, 1.165) is 15.6 Å². The number of carbonyl (C=O) groups excluding carboxylic acids is 1. The highest BCUT2D eigenvalue weighted by Gasteiger charge is 2.22. The molecule has 0 saturated carbocycles. The number of nitrogens with one attached hydrogen (secondary N) is 1. The number of halogens is 1. The van der Waals surface area contributed by atoms with Crippen LogP contribution >= 0.6 is 15.9 Å². The fourth-order valence-electron chi connectivity index (χ4n) is 3.24. The van der Waals surface area contributed by atoms with Crippen LogP contribution in [0, 0.1) is 24.0 Å². The fourth-order valence-corrected chi connectivity index (χ4v) is 4.03. The molecule has 154 valence electrons. The smallest absolute Gasteiger partial charge is 0.294 e. The highest BCUT2D eigenvalue weighted by Crippen LogP contribution is 2.32. The number of carbonyl (C=O) groups is 1. The molecule has 3 rings (SSSR count). The van der Waals surface area contributed by atoms with Gasteiger partial charge >= 0.3 is 0 Å². The number of nitro groups is 1. The molecule has 1 amide bonds. The first-order valence-electron chi connectivity index (χ1n) is 9.15. The van der Waals surface area contributed by atoms with Crippen molar-refractivity contribution in [2.45, 2.75) is 13.8 Å². The Kier molecular flexibility index (Phi) is 6.71. The van der Waals surface area contributed by atoms with Crippen molar-refractivity contribution in [3.8, 4) is 5.75 Å². The maximum atomic E-state index is 12.3. The lowest BCUT2D eigenvalue weighted by atomic mass is 10.1. The molecule has 1 heterocycles. The van der Waals surface area contributed by atoms with E-state index >= 15 is 0 Å². The van der Waals surface area contributed by atoms with Gasteiger partial charge < -0.3 is 19.7 Å². The Balaban J connectivity index is 1.69. The van der Waals surface area contributed by atoms with Crippen LogP contribution in [-0.4, -0.2) is 43.7 Å². The summed E-state index contributed by atoms with van der Waals surface area (Å²) in [5.74, 6) is 0.199. The number of aryl methyl sites for hydroxylation is 2. The van der Waals surface area contributed by atoms with E-state index in [2.05, 4.69) is 21.2 Å². The summed E-state index contributed by atoms with van der Waals surface area (Å²) in [6.07, 6.45) is 0. The van der Waals surface area contributed by atoms with Crippen LogP contribution in [0.25, 0.3) is 0 Å². The average molecular weight is 464 g/mol. The van der Waals surface area contributed by atoms with Gasteiger partial charge in [0.15, 0.2) is 6.61 Å². The van der Waals surface area contributed by atoms with Crippen molar-refractivity contribution >= 4 is 38.9 Å². The number of rotatable bonds is 6. The molecule has 1 aliphatic heterocycles. The maximum absolute atomic E-state index is 12.3. The number of benzene rings is 2. The molecule has 0 bridgehead atoms. The topological polar surface area (TPSA) is 93.9 Å². The highest BCUT2D eigenvalue weighted by atomic mass is 79.9. The van der Waals surface area contributed by atoms with E-state index in [1.165, 1.54) is 6.07 Å². The van der Waals surface area contributed by atoms with E-state index in [-0.39, 0.29) is 12.3 Å². The molecule has 1 aliphatic rings. The standard InChI is InChI=1S/C20H22BrN3O5/c1-13-9-14(2)20(16(21)10-13)29-12-19(25)22-15-3-4-17(18(11-15)24(26)27)23-5-7-28-8-6-23/h3-4,9-11H,5-8,12H2,1-2H3,(H,22,25). The minimum absolute atomic E-state index is 0.0530. The third-order valence-corrected chi connectivity index (χ3v) is 5.12. The first kappa shape index (κ1) is 21.1. The lowest BCUT2D eigenvalue weighted by molar-refractivity contribution is -0.384. The normalized spacial score (nSPS) is 13.8. The number of hydrogen-bond acceptors (Lipinski definition) is 6. The molecular formula is C20H22BrN3O5. The van der Waals surface area contributed by atoms with Gasteiger partial charge in [0.2, 0.25) is 0 Å². The molecule has 0 unspecified atom stereocenters. The zero-order chi connectivity index (χ0) is 21.0. The Morgan fingerprint density at radius 2 is 2.00 bits per heavy atom. The van der Waals surface area contributed by atoms with Gasteiger partial charge in [0.25, 0.3) is 11.6 Å². The molecule has 0 aliphatic carbocycles. The third kappa shape index (κ3) is 5.24. The molecule has 0 atom stereocenters. The zero-order valence-electron chi connectivity index (χ0n) is 16.2. The van der Waals surface area contributed by atoms with Crippen LogP contribution in [0.4, 0.5) is 17.1 Å². The first-order valence-corrected chi connectivity index (χ1v) is 9.95. The number of nitro benzene ring substituents is 1. The van der Waals surface area contributed by atoms with Crippen molar-refractivity contribution in [3.63, 3.8) is 0 Å². The molecule has 2 aromatic carbocycles. The van der Waals surface area contributed by atoms with Crippen LogP contribution in [0.15, 0.2) is 34.8 Å². The number of amides is 1. The van der Waals surface area contributed by atoms with Crippen LogP contribution in [0.1, 0.15) is 11.1 Å². The summed E-state index contributed by atoms with van der Waals surface area (Å²) in [5.41, 5.74) is 2.81. The second-order valence-corrected chi connectivity index (χ2v) is 7.64. The van der Waals surface area contributed by atoms with Gasteiger partial charge in [0, 0.05) is 24.8 Å². The zero-order valence-corrected chi connectivity index (χ0v) is 17.8. The van der Waals surface area contributed by atoms with Crippen molar-refractivity contribution < 1.29 is 19.2 Å². The molecule has 1 saturated heterocycles. The highest BCUT2D eigenvalue weighted by molar-refractivity contribution is 9.10. The van der Waals surface area contributed by atoms with E-state index < -0.39 is 10.8 Å². The van der Waals surface area contributed by atoms with Crippen molar-refractivity contribution in [1.82, 2.24) is 0 Å². The molecule has 29 heavy (non-hydrogen) atoms. The Morgan fingerprint density at radius 3 is 2.66 bits per heavy atom. The summed E-state index contributed by atoms with van der Waals surface area (Å²) >= 11 is 3.44. The minimum atomic E-state index is -0.441. The lowest BCUT2D eigenvalue weighted by Crippen LogP contribution is -2.36. The number of nitrogens with zero attached hydrogens (tertiary/aromatic N) is 2. The summed E-state index contributed by atoms with van der Waals surface area (Å²) in [6.45, 7) is 5.90. The SMILES string of the molecule is Cc1cc(C)c(OCC(=O)Nc2ccc(N3CCOCC3)c([N+](=O)[O-])c2)c(Br)c1. The van der Waals surface area contributed by atoms with Gasteiger partial charge in [-0.1, -0.05) is 6.07 Å². The van der Waals surface area contributed by atoms with Gasteiger partial charge in [0.05, 0.1) is 22.6 Å². The molecular weight excluding hydrogens is 442 g/mol. The summed E-state index contributed by atoms with van der Waals surface area (Å²) < 4.78 is 11.7. The second kappa shape index (κ2) is 9.23. The van der Waals surface area contributed by atoms with Crippen molar-refractivity contribution in [3.05, 3.63) is 56.0 Å². The van der Waals surface area contributed by atoms with E-state index in [9.17, 15) is 14.9 Å². The van der Waals surface area contributed by atoms with E-state index in [4.69, 9.17) is 9.47 Å². The minimum Gasteiger partial charge on any atom is -0.482 e. The Labute approximate surface area is 177 Å². The van der Waals surface area contributed by atoms with Crippen LogP contribution in [0.5, 0.6) is 5.75 Å². The quantitative estimate of drug-likeness (QED) is 0.516. The summed E-state index contributed by atoms with van der Waals surface area (Å²) in [7, 11) is 0. The Hall–Kier alpha value is -2.65. The Morgan fingerprint density at radius 1 is 1.28 bits per heavy atom. The second-order valence-electron chi connectivity index (χ2n) is 6.79. The first-order chi connectivity index (χ1) is 13.8. The molecule has 1 fully saturated rings. The van der Waals surface area contributed by atoms with Crippen LogP contribution in [0.3, 0.4) is 0 Å². The molecule has 0 aromatic heterocycles. The number of ether oxygens (including phenoxy) is 2. The predicted molar refractivity (Wildman–Crippen MR) is 114 cm³/mol. The average Bonchev–Trinajstić information content (AvgIpc) is 2.67. The molecule has 9 heteroatoms. The van der Waals surface area contributed by atoms with Gasteiger partial charge in [-0.25, -0.2) is 0 Å².